The molecule has 0 aliphatic carbocycles. The molecule has 1 aliphatic heterocycles. The number of nitrogens with one attached hydrogen (secondary N) is 1. The highest BCUT2D eigenvalue weighted by Crippen LogP contribution is 2.33. The van der Waals surface area contributed by atoms with E-state index >= 15 is 0 Å². The van der Waals surface area contributed by atoms with Crippen LogP contribution < -0.4 is 15.0 Å². The van der Waals surface area contributed by atoms with Gasteiger partial charge in [-0.25, -0.2) is 0 Å². The monoisotopic (exact) mass is 354 g/mol. The second-order valence-electron chi connectivity index (χ2n) is 5.82. The number of hydrogen-bond acceptors (Lipinski definition) is 4. The number of aryl methyl sites for hydroxylation is 1. The predicted molar refractivity (Wildman–Crippen MR) is 92.8 cm³/mol. The maximum Gasteiger partial charge on any atom is 0.240 e. The summed E-state index contributed by atoms with van der Waals surface area (Å²) in [5.74, 6) is -0.0367. The van der Waals surface area contributed by atoms with Crippen molar-refractivity contribution in [2.75, 3.05) is 31.7 Å². The average Bonchev–Trinajstić information content (AvgIpc) is 3.06. The summed E-state index contributed by atoms with van der Waals surface area (Å²) < 4.78 is 10.8. The number of ether oxygens (including phenoxy) is 2. The minimum absolute atomic E-state index is 0.0621. The predicted octanol–water partition coefficient (Wildman–Crippen LogP) is 2.31. The third kappa shape index (κ3) is 4.61. The molecule has 1 aromatic carbocycles. The van der Waals surface area contributed by atoms with Gasteiger partial charge in [0, 0.05) is 31.2 Å². The van der Waals surface area contributed by atoms with E-state index in [4.69, 9.17) is 21.1 Å². The number of amides is 2. The number of methoxy groups -OCH3 is 1. The topological polar surface area (TPSA) is 67.9 Å². The Labute approximate surface area is 147 Å². The van der Waals surface area contributed by atoms with Gasteiger partial charge in [-0.15, -0.1) is 0 Å². The fourth-order valence-corrected chi connectivity index (χ4v) is 2.77. The van der Waals surface area contributed by atoms with Gasteiger partial charge in [-0.2, -0.15) is 0 Å². The van der Waals surface area contributed by atoms with Crippen molar-refractivity contribution in [3.05, 3.63) is 22.7 Å². The second kappa shape index (κ2) is 8.35. The van der Waals surface area contributed by atoms with Crippen molar-refractivity contribution in [1.29, 1.82) is 0 Å². The van der Waals surface area contributed by atoms with Crippen LogP contribution >= 0.6 is 11.6 Å². The molecule has 7 heteroatoms. The molecule has 24 heavy (non-hydrogen) atoms. The first kappa shape index (κ1) is 18.5. The molecule has 132 valence electrons. The van der Waals surface area contributed by atoms with Gasteiger partial charge in [0.15, 0.2) is 0 Å². The Kier molecular flexibility index (Phi) is 6.45. The van der Waals surface area contributed by atoms with Crippen molar-refractivity contribution >= 4 is 29.1 Å². The van der Waals surface area contributed by atoms with E-state index in [0.717, 1.165) is 25.0 Å². The van der Waals surface area contributed by atoms with Crippen LogP contribution in [0.5, 0.6) is 5.75 Å². The van der Waals surface area contributed by atoms with Gasteiger partial charge < -0.3 is 14.8 Å². The van der Waals surface area contributed by atoms with E-state index < -0.39 is 0 Å². The maximum absolute atomic E-state index is 12.2. The molecule has 1 atom stereocenters. The SMILES string of the molecule is COc1cc(Cl)c(C)cc1N(CC(=O)NCC1CCCO1)C(C)=O. The normalized spacial score (nSPS) is 16.8. The first-order chi connectivity index (χ1) is 11.4. The summed E-state index contributed by atoms with van der Waals surface area (Å²) in [4.78, 5) is 25.6. The minimum Gasteiger partial charge on any atom is -0.495 e. The van der Waals surface area contributed by atoms with Gasteiger partial charge in [-0.3, -0.25) is 14.5 Å². The van der Waals surface area contributed by atoms with E-state index in [1.807, 2.05) is 6.92 Å². The lowest BCUT2D eigenvalue weighted by Crippen LogP contribution is -2.42. The molecule has 1 aromatic rings. The van der Waals surface area contributed by atoms with Gasteiger partial charge in [0.2, 0.25) is 11.8 Å². The zero-order chi connectivity index (χ0) is 17.7. The van der Waals surface area contributed by atoms with Crippen molar-refractivity contribution in [3.8, 4) is 5.75 Å². The molecule has 1 saturated heterocycles. The van der Waals surface area contributed by atoms with Gasteiger partial charge in [-0.1, -0.05) is 11.6 Å². The number of benzene rings is 1. The fourth-order valence-electron chi connectivity index (χ4n) is 2.62. The van der Waals surface area contributed by atoms with E-state index in [2.05, 4.69) is 5.32 Å². The van der Waals surface area contributed by atoms with Gasteiger partial charge in [0.25, 0.3) is 0 Å². The van der Waals surface area contributed by atoms with Gasteiger partial charge >= 0.3 is 0 Å². The minimum atomic E-state index is -0.248. The Morgan fingerprint density at radius 1 is 1.46 bits per heavy atom. The molecule has 2 amide bonds. The summed E-state index contributed by atoms with van der Waals surface area (Å²) in [6, 6.07) is 3.39. The summed E-state index contributed by atoms with van der Waals surface area (Å²) in [5, 5.41) is 3.36. The van der Waals surface area contributed by atoms with Gasteiger partial charge in [-0.05, 0) is 31.4 Å². The smallest absolute Gasteiger partial charge is 0.240 e. The molecule has 0 spiro atoms. The number of nitrogens with zero attached hydrogens (tertiary/aromatic N) is 1. The molecule has 2 rings (SSSR count). The third-order valence-electron chi connectivity index (χ3n) is 3.98. The summed E-state index contributed by atoms with van der Waals surface area (Å²) in [6.07, 6.45) is 2.02. The zero-order valence-corrected chi connectivity index (χ0v) is 15.0. The van der Waals surface area contributed by atoms with Crippen LogP contribution in [0.3, 0.4) is 0 Å². The highest BCUT2D eigenvalue weighted by Gasteiger charge is 2.22. The molecule has 1 unspecified atom stereocenters. The summed E-state index contributed by atoms with van der Waals surface area (Å²) in [6.45, 7) is 4.36. The fraction of sp³-hybridized carbons (Fsp3) is 0.529. The molecule has 6 nitrogen and oxygen atoms in total. The number of rotatable bonds is 6. The van der Waals surface area contributed by atoms with Crippen molar-refractivity contribution in [3.63, 3.8) is 0 Å². The Hall–Kier alpha value is -1.79. The molecular weight excluding hydrogens is 332 g/mol. The van der Waals surface area contributed by atoms with Crippen LogP contribution in [0.2, 0.25) is 5.02 Å². The molecule has 1 N–H and O–H groups in total. The molecule has 0 radical (unpaired) electrons. The molecule has 0 aromatic heterocycles. The second-order valence-corrected chi connectivity index (χ2v) is 6.22. The first-order valence-corrected chi connectivity index (χ1v) is 8.30. The Morgan fingerprint density at radius 3 is 2.79 bits per heavy atom. The van der Waals surface area contributed by atoms with E-state index in [0.29, 0.717) is 23.0 Å². The number of carbonyl (C=O) groups is 2. The molecule has 0 saturated carbocycles. The summed E-state index contributed by atoms with van der Waals surface area (Å²) >= 11 is 6.10. The van der Waals surface area contributed by atoms with Crippen LogP contribution in [0.1, 0.15) is 25.3 Å². The van der Waals surface area contributed by atoms with Crippen molar-refractivity contribution in [2.45, 2.75) is 32.8 Å². The van der Waals surface area contributed by atoms with E-state index in [-0.39, 0.29) is 24.5 Å². The average molecular weight is 355 g/mol. The molecule has 0 bridgehead atoms. The zero-order valence-electron chi connectivity index (χ0n) is 14.2. The number of carbonyl (C=O) groups excluding carboxylic acids is 2. The Morgan fingerprint density at radius 2 is 2.21 bits per heavy atom. The number of hydrogen-bond donors (Lipinski definition) is 1. The quantitative estimate of drug-likeness (QED) is 0.851. The van der Waals surface area contributed by atoms with Crippen LogP contribution in [-0.4, -0.2) is 44.7 Å². The standard InChI is InChI=1S/C17H23ClN2O4/c1-11-7-15(16(23-3)8-14(11)18)20(12(2)21)10-17(22)19-9-13-5-4-6-24-13/h7-8,13H,4-6,9-10H2,1-3H3,(H,19,22). The maximum atomic E-state index is 12.2. The largest absolute Gasteiger partial charge is 0.495 e. The van der Waals surface area contributed by atoms with Gasteiger partial charge in [0.1, 0.15) is 12.3 Å². The van der Waals surface area contributed by atoms with Crippen LogP contribution in [-0.2, 0) is 14.3 Å². The number of anilines is 1. The van der Waals surface area contributed by atoms with E-state index in [1.165, 1.54) is 18.9 Å². The number of halogens is 1. The van der Waals surface area contributed by atoms with Crippen molar-refractivity contribution < 1.29 is 19.1 Å². The lowest BCUT2D eigenvalue weighted by Gasteiger charge is -2.24. The summed E-state index contributed by atoms with van der Waals surface area (Å²) in [7, 11) is 1.50. The van der Waals surface area contributed by atoms with Crippen LogP contribution in [0.4, 0.5) is 5.69 Å². The van der Waals surface area contributed by atoms with E-state index in [9.17, 15) is 9.59 Å². The summed E-state index contributed by atoms with van der Waals surface area (Å²) in [5.41, 5.74) is 1.33. The highest BCUT2D eigenvalue weighted by molar-refractivity contribution is 6.31. The highest BCUT2D eigenvalue weighted by atomic mass is 35.5. The van der Waals surface area contributed by atoms with Gasteiger partial charge in [0.05, 0.1) is 18.9 Å². The van der Waals surface area contributed by atoms with Crippen LogP contribution in [0.25, 0.3) is 0 Å². The first-order valence-electron chi connectivity index (χ1n) is 7.93. The molecule has 1 fully saturated rings. The van der Waals surface area contributed by atoms with E-state index in [1.54, 1.807) is 12.1 Å². The molecule has 1 aliphatic rings. The lowest BCUT2D eigenvalue weighted by atomic mass is 10.1. The Bertz CT molecular complexity index is 615. The Balaban J connectivity index is 2.10. The van der Waals surface area contributed by atoms with Crippen LogP contribution in [0.15, 0.2) is 12.1 Å². The van der Waals surface area contributed by atoms with Crippen LogP contribution in [0, 0.1) is 6.92 Å². The third-order valence-corrected chi connectivity index (χ3v) is 4.39. The molecular formula is C17H23ClN2O4. The van der Waals surface area contributed by atoms with Crippen molar-refractivity contribution in [1.82, 2.24) is 5.32 Å². The lowest BCUT2D eigenvalue weighted by molar-refractivity contribution is -0.123. The van der Waals surface area contributed by atoms with Crippen molar-refractivity contribution in [2.24, 2.45) is 0 Å². The molecule has 1 heterocycles.